The molecule has 1 aromatic rings. The standard InChI is InChI=1S/C13H11NO6S/c15-9-6-7-10(16)14(9)13(20,12(18)19)21-11(17)8-4-2-1-3-5-8/h1-5,20H,6-7H2,(H,18,19)/p-1. The number of carboxylic acid groups (broad SMARTS) is 1. The normalized spacial score (nSPS) is 17.7. The number of aliphatic carboxylic acids is 1. The van der Waals surface area contributed by atoms with Gasteiger partial charge in [0.25, 0.3) is 0 Å². The van der Waals surface area contributed by atoms with Crippen molar-refractivity contribution in [2.24, 2.45) is 0 Å². The molecule has 21 heavy (non-hydrogen) atoms. The summed E-state index contributed by atoms with van der Waals surface area (Å²) in [6.45, 7) is 0. The van der Waals surface area contributed by atoms with Gasteiger partial charge in [-0.25, -0.2) is 4.90 Å². The summed E-state index contributed by atoms with van der Waals surface area (Å²) in [5.41, 5.74) is 0.126. The van der Waals surface area contributed by atoms with E-state index in [4.69, 9.17) is 0 Å². The molecule has 2 amide bonds. The quantitative estimate of drug-likeness (QED) is 0.566. The smallest absolute Gasteiger partial charge is 0.245 e. The molecule has 1 N–H and O–H groups in total. The van der Waals surface area contributed by atoms with Crippen molar-refractivity contribution in [3.63, 3.8) is 0 Å². The first-order valence-corrected chi connectivity index (χ1v) is 6.76. The lowest BCUT2D eigenvalue weighted by atomic mass is 10.2. The minimum Gasteiger partial charge on any atom is -0.544 e. The second-order valence-corrected chi connectivity index (χ2v) is 5.42. The van der Waals surface area contributed by atoms with Crippen LogP contribution in [-0.4, -0.2) is 38.0 Å². The number of carbonyl (C=O) groups is 4. The number of hydrogen-bond acceptors (Lipinski definition) is 7. The highest BCUT2D eigenvalue weighted by Crippen LogP contribution is 2.33. The fourth-order valence-corrected chi connectivity index (χ4v) is 2.75. The summed E-state index contributed by atoms with van der Waals surface area (Å²) >= 11 is -0.0481. The summed E-state index contributed by atoms with van der Waals surface area (Å²) in [4.78, 5) is 46.5. The molecule has 1 fully saturated rings. The lowest BCUT2D eigenvalue weighted by molar-refractivity contribution is -0.323. The molecule has 0 bridgehead atoms. The zero-order valence-electron chi connectivity index (χ0n) is 10.6. The predicted molar refractivity (Wildman–Crippen MR) is 69.4 cm³/mol. The maximum atomic E-state index is 12.0. The molecule has 8 heteroatoms. The predicted octanol–water partition coefficient (Wildman–Crippen LogP) is -0.895. The number of thioether (sulfide) groups is 1. The summed E-state index contributed by atoms with van der Waals surface area (Å²) in [5.74, 6) is -3.82. The molecule has 1 aromatic carbocycles. The molecule has 1 heterocycles. The highest BCUT2D eigenvalue weighted by atomic mass is 32.2. The molecule has 1 saturated heterocycles. The van der Waals surface area contributed by atoms with Crippen molar-refractivity contribution in [1.29, 1.82) is 0 Å². The van der Waals surface area contributed by atoms with Crippen LogP contribution in [0, 0.1) is 0 Å². The summed E-state index contributed by atoms with van der Waals surface area (Å²) in [6.07, 6.45) is -0.428. The van der Waals surface area contributed by atoms with Crippen LogP contribution in [-0.2, 0) is 14.4 Å². The van der Waals surface area contributed by atoms with Gasteiger partial charge in [0.2, 0.25) is 22.0 Å². The lowest BCUT2D eigenvalue weighted by Crippen LogP contribution is -2.60. The third kappa shape index (κ3) is 2.81. The topological polar surface area (TPSA) is 115 Å². The van der Waals surface area contributed by atoms with Crippen LogP contribution in [0.4, 0.5) is 0 Å². The van der Waals surface area contributed by atoms with Gasteiger partial charge in [-0.1, -0.05) is 30.3 Å². The molecule has 0 spiro atoms. The average Bonchev–Trinajstić information content (AvgIpc) is 2.79. The second-order valence-electron chi connectivity index (χ2n) is 4.27. The van der Waals surface area contributed by atoms with Gasteiger partial charge in [0.05, 0.1) is 0 Å². The van der Waals surface area contributed by atoms with Crippen LogP contribution in [0.15, 0.2) is 30.3 Å². The largest absolute Gasteiger partial charge is 0.544 e. The number of amides is 2. The van der Waals surface area contributed by atoms with Crippen LogP contribution in [0.1, 0.15) is 23.2 Å². The van der Waals surface area contributed by atoms with Gasteiger partial charge in [0.1, 0.15) is 5.97 Å². The van der Waals surface area contributed by atoms with E-state index in [0.29, 0.717) is 0 Å². The fraction of sp³-hybridized carbons (Fsp3) is 0.231. The molecule has 0 aromatic heterocycles. The van der Waals surface area contributed by atoms with E-state index in [1.54, 1.807) is 18.2 Å². The minimum atomic E-state index is -3.04. The van der Waals surface area contributed by atoms with E-state index in [1.807, 2.05) is 0 Å². The fourth-order valence-electron chi connectivity index (χ4n) is 1.86. The van der Waals surface area contributed by atoms with E-state index >= 15 is 0 Å². The molecule has 1 aliphatic rings. The zero-order chi connectivity index (χ0) is 15.6. The molecular formula is C13H10NO6S-. The molecule has 7 nitrogen and oxygen atoms in total. The van der Waals surface area contributed by atoms with E-state index in [0.717, 1.165) is 0 Å². The van der Waals surface area contributed by atoms with Crippen molar-refractivity contribution in [1.82, 2.24) is 4.90 Å². The second kappa shape index (κ2) is 5.66. The summed E-state index contributed by atoms with van der Waals surface area (Å²) in [7, 11) is 0. The first kappa shape index (κ1) is 15.2. The van der Waals surface area contributed by atoms with Crippen LogP contribution in [0.25, 0.3) is 0 Å². The average molecular weight is 308 g/mol. The van der Waals surface area contributed by atoms with E-state index in [1.165, 1.54) is 12.1 Å². The molecular weight excluding hydrogens is 298 g/mol. The number of imide groups is 1. The van der Waals surface area contributed by atoms with Gasteiger partial charge in [-0.2, -0.15) is 0 Å². The van der Waals surface area contributed by atoms with Crippen molar-refractivity contribution in [3.05, 3.63) is 35.9 Å². The van der Waals surface area contributed by atoms with Gasteiger partial charge in [-0.05, 0) is 11.8 Å². The number of carbonyl (C=O) groups excluding carboxylic acids is 4. The van der Waals surface area contributed by atoms with Gasteiger partial charge in [0, 0.05) is 18.4 Å². The zero-order valence-corrected chi connectivity index (χ0v) is 11.5. The maximum Gasteiger partial charge on any atom is 0.245 e. The Morgan fingerprint density at radius 1 is 1.14 bits per heavy atom. The van der Waals surface area contributed by atoms with E-state index in [-0.39, 0.29) is 35.1 Å². The molecule has 0 saturated carbocycles. The number of likely N-dealkylation sites (tertiary alicyclic amines) is 1. The molecule has 2 rings (SSSR count). The van der Waals surface area contributed by atoms with Crippen LogP contribution >= 0.6 is 11.8 Å². The minimum absolute atomic E-state index is 0.0481. The Morgan fingerprint density at radius 2 is 1.67 bits per heavy atom. The molecule has 1 aliphatic heterocycles. The Balaban J connectivity index is 2.31. The Labute approximate surface area is 123 Å². The van der Waals surface area contributed by atoms with Gasteiger partial charge in [0.15, 0.2) is 0 Å². The van der Waals surface area contributed by atoms with Gasteiger partial charge in [-0.3, -0.25) is 14.4 Å². The first-order chi connectivity index (χ1) is 9.86. The molecule has 1 unspecified atom stereocenters. The van der Waals surface area contributed by atoms with Crippen LogP contribution < -0.4 is 5.11 Å². The summed E-state index contributed by atoms with van der Waals surface area (Å²) in [6, 6.07) is 7.59. The third-order valence-corrected chi connectivity index (χ3v) is 3.92. The van der Waals surface area contributed by atoms with Gasteiger partial charge >= 0.3 is 0 Å². The van der Waals surface area contributed by atoms with E-state index in [2.05, 4.69) is 0 Å². The van der Waals surface area contributed by atoms with Crippen molar-refractivity contribution in [2.45, 2.75) is 17.9 Å². The number of hydrogen-bond donors (Lipinski definition) is 1. The first-order valence-electron chi connectivity index (χ1n) is 5.94. The van der Waals surface area contributed by atoms with E-state index < -0.39 is 28.0 Å². The van der Waals surface area contributed by atoms with Crippen molar-refractivity contribution < 1.29 is 29.4 Å². The number of rotatable bonds is 4. The highest BCUT2D eigenvalue weighted by Gasteiger charge is 2.48. The molecule has 0 aliphatic carbocycles. The molecule has 0 radical (unpaired) electrons. The summed E-state index contributed by atoms with van der Waals surface area (Å²) < 4.78 is 0. The Kier molecular flexibility index (Phi) is 4.10. The number of carboxylic acids is 1. The third-order valence-electron chi connectivity index (χ3n) is 2.87. The Hall–Kier alpha value is -2.19. The monoisotopic (exact) mass is 308 g/mol. The molecule has 1 atom stereocenters. The molecule has 110 valence electrons. The van der Waals surface area contributed by atoms with Crippen molar-refractivity contribution in [2.75, 3.05) is 0 Å². The van der Waals surface area contributed by atoms with Crippen LogP contribution in [0.3, 0.4) is 0 Å². The SMILES string of the molecule is O=C(SC(O)(C(=O)[O-])N1C(=O)CCC1=O)c1ccccc1. The Bertz CT molecular complexity index is 600. The van der Waals surface area contributed by atoms with Gasteiger partial charge < -0.3 is 15.0 Å². The maximum absolute atomic E-state index is 12.0. The van der Waals surface area contributed by atoms with Crippen molar-refractivity contribution in [3.8, 4) is 0 Å². The van der Waals surface area contributed by atoms with E-state index in [9.17, 15) is 29.4 Å². The lowest BCUT2D eigenvalue weighted by Gasteiger charge is -2.34. The number of benzene rings is 1. The van der Waals surface area contributed by atoms with Gasteiger partial charge in [-0.15, -0.1) is 0 Å². The van der Waals surface area contributed by atoms with Crippen molar-refractivity contribution >= 4 is 34.7 Å². The Morgan fingerprint density at radius 3 is 2.14 bits per heavy atom. The van der Waals surface area contributed by atoms with Crippen LogP contribution in [0.5, 0.6) is 0 Å². The number of nitrogens with zero attached hydrogens (tertiary/aromatic N) is 1. The number of aliphatic hydroxyl groups is 1. The van der Waals surface area contributed by atoms with Crippen LogP contribution in [0.2, 0.25) is 0 Å². The summed E-state index contributed by atoms with van der Waals surface area (Å²) in [5, 5.41) is 17.5. The highest BCUT2D eigenvalue weighted by molar-refractivity contribution is 8.15.